The molecule has 1 saturated heterocycles. The minimum atomic E-state index is 0.0486. The number of ether oxygens (including phenoxy) is 1. The van der Waals surface area contributed by atoms with Gasteiger partial charge in [0.1, 0.15) is 11.6 Å². The minimum Gasteiger partial charge on any atom is -0.493 e. The summed E-state index contributed by atoms with van der Waals surface area (Å²) in [6.07, 6.45) is 5.87. The van der Waals surface area contributed by atoms with E-state index in [4.69, 9.17) is 4.74 Å². The zero-order valence-corrected chi connectivity index (χ0v) is 23.8. The number of fused-ring (bicyclic) bond motifs is 1. The van der Waals surface area contributed by atoms with Crippen LogP contribution in [0.3, 0.4) is 0 Å². The molecule has 8 heteroatoms. The van der Waals surface area contributed by atoms with Crippen LogP contribution < -0.4 is 15.0 Å². The molecule has 0 atom stereocenters. The molecule has 3 heterocycles. The predicted molar refractivity (Wildman–Crippen MR) is 161 cm³/mol. The average Bonchev–Trinajstić information content (AvgIpc) is 3.02. The molecule has 1 N–H and O–H groups in total. The van der Waals surface area contributed by atoms with Crippen LogP contribution in [0.1, 0.15) is 42.4 Å². The molecular formula is C33H41N5O3. The van der Waals surface area contributed by atoms with Gasteiger partial charge in [-0.3, -0.25) is 14.5 Å². The fourth-order valence-electron chi connectivity index (χ4n) is 5.51. The molecule has 0 radical (unpaired) electrons. The number of benzene rings is 2. The Morgan fingerprint density at radius 3 is 2.51 bits per heavy atom. The number of carbonyl (C=O) groups is 2. The number of anilines is 1. The lowest BCUT2D eigenvalue weighted by Crippen LogP contribution is -2.49. The SMILES string of the molecule is O=C1CN(Cc2ccccc2)Cc2cc(CCC(=O)N3CCN(c4ccccn4)CC3)ccc2OCCCCCN1. The molecular weight excluding hydrogens is 514 g/mol. The molecule has 0 unspecified atom stereocenters. The van der Waals surface area contributed by atoms with Crippen LogP contribution in [-0.4, -0.2) is 72.5 Å². The van der Waals surface area contributed by atoms with Crippen molar-refractivity contribution >= 4 is 17.6 Å². The van der Waals surface area contributed by atoms with Crippen LogP contribution in [0.4, 0.5) is 5.82 Å². The van der Waals surface area contributed by atoms with Gasteiger partial charge in [-0.25, -0.2) is 4.98 Å². The van der Waals surface area contributed by atoms with Crippen LogP contribution in [-0.2, 0) is 29.1 Å². The Labute approximate surface area is 243 Å². The second-order valence-electron chi connectivity index (χ2n) is 10.9. The maximum absolute atomic E-state index is 13.1. The van der Waals surface area contributed by atoms with Crippen LogP contribution in [0.5, 0.6) is 5.75 Å². The number of aromatic nitrogens is 1. The number of piperazine rings is 1. The maximum atomic E-state index is 13.1. The quantitative estimate of drug-likeness (QED) is 0.495. The summed E-state index contributed by atoms with van der Waals surface area (Å²) in [5.41, 5.74) is 3.33. The maximum Gasteiger partial charge on any atom is 0.234 e. The van der Waals surface area contributed by atoms with Crippen molar-refractivity contribution in [1.29, 1.82) is 0 Å². The van der Waals surface area contributed by atoms with Crippen LogP contribution >= 0.6 is 0 Å². The number of carbonyl (C=O) groups excluding carboxylic acids is 2. The highest BCUT2D eigenvalue weighted by Crippen LogP contribution is 2.25. The van der Waals surface area contributed by atoms with Crippen LogP contribution in [0.15, 0.2) is 72.9 Å². The van der Waals surface area contributed by atoms with E-state index < -0.39 is 0 Å². The average molecular weight is 556 g/mol. The van der Waals surface area contributed by atoms with Gasteiger partial charge in [0.05, 0.1) is 13.2 Å². The van der Waals surface area contributed by atoms with Gasteiger partial charge in [0.25, 0.3) is 0 Å². The van der Waals surface area contributed by atoms with Crippen molar-refractivity contribution in [3.63, 3.8) is 0 Å². The van der Waals surface area contributed by atoms with Crippen molar-refractivity contribution in [1.82, 2.24) is 20.1 Å². The third-order valence-electron chi connectivity index (χ3n) is 7.77. The van der Waals surface area contributed by atoms with Crippen molar-refractivity contribution in [2.75, 3.05) is 50.8 Å². The molecule has 0 bridgehead atoms. The monoisotopic (exact) mass is 555 g/mol. The number of hydrogen-bond acceptors (Lipinski definition) is 6. The summed E-state index contributed by atoms with van der Waals surface area (Å²) < 4.78 is 6.23. The summed E-state index contributed by atoms with van der Waals surface area (Å²) in [7, 11) is 0. The normalized spacial score (nSPS) is 17.3. The van der Waals surface area contributed by atoms with Crippen LogP contribution in [0.2, 0.25) is 0 Å². The third kappa shape index (κ3) is 8.54. The van der Waals surface area contributed by atoms with Gasteiger partial charge < -0.3 is 19.9 Å². The number of aryl methyl sites for hydroxylation is 1. The van der Waals surface area contributed by atoms with E-state index in [9.17, 15) is 9.59 Å². The van der Waals surface area contributed by atoms with Gasteiger partial charge >= 0.3 is 0 Å². The molecule has 1 fully saturated rings. The molecule has 2 amide bonds. The lowest BCUT2D eigenvalue weighted by atomic mass is 10.0. The smallest absolute Gasteiger partial charge is 0.234 e. The molecule has 0 saturated carbocycles. The standard InChI is InChI=1S/C33H41N5O3/c39-32-26-36(24-28-9-3-1-4-10-28)25-29-23-27(12-14-30(29)41-22-8-2-6-17-35-32)13-15-33(40)38-20-18-37(19-21-38)31-11-5-7-16-34-31/h1,3-5,7,9-12,14,16,23H,2,6,8,13,15,17-22,24-26H2,(H,35,39). The number of rotatable bonds is 6. The molecule has 0 aliphatic carbocycles. The first-order valence-electron chi connectivity index (χ1n) is 14.9. The minimum absolute atomic E-state index is 0.0486. The van der Waals surface area contributed by atoms with E-state index in [-0.39, 0.29) is 11.8 Å². The molecule has 2 aliphatic heterocycles. The summed E-state index contributed by atoms with van der Waals surface area (Å²) >= 11 is 0. The summed E-state index contributed by atoms with van der Waals surface area (Å²) in [6.45, 7) is 5.95. The molecule has 5 rings (SSSR count). The molecule has 1 aromatic heterocycles. The summed E-state index contributed by atoms with van der Waals surface area (Å²) in [4.78, 5) is 36.7. The zero-order chi connectivity index (χ0) is 28.3. The summed E-state index contributed by atoms with van der Waals surface area (Å²) in [6, 6.07) is 22.5. The third-order valence-corrected chi connectivity index (χ3v) is 7.77. The van der Waals surface area contributed by atoms with Gasteiger partial charge in [-0.05, 0) is 55.0 Å². The number of nitrogens with zero attached hydrogens (tertiary/aromatic N) is 4. The van der Waals surface area contributed by atoms with Crippen molar-refractivity contribution in [3.8, 4) is 5.75 Å². The fraction of sp³-hybridized carbons (Fsp3) is 0.424. The Morgan fingerprint density at radius 2 is 1.71 bits per heavy atom. The Morgan fingerprint density at radius 1 is 0.878 bits per heavy atom. The van der Waals surface area contributed by atoms with Gasteiger partial charge in [0.15, 0.2) is 0 Å². The highest BCUT2D eigenvalue weighted by atomic mass is 16.5. The largest absolute Gasteiger partial charge is 0.493 e. The zero-order valence-electron chi connectivity index (χ0n) is 23.8. The predicted octanol–water partition coefficient (Wildman–Crippen LogP) is 4.04. The second kappa shape index (κ2) is 14.6. The molecule has 2 aliphatic rings. The first-order chi connectivity index (χ1) is 20.1. The number of hydrogen-bond donors (Lipinski definition) is 1. The number of nitrogens with one attached hydrogen (secondary N) is 1. The van der Waals surface area contributed by atoms with E-state index in [2.05, 4.69) is 44.4 Å². The molecule has 2 aromatic carbocycles. The number of amides is 2. The van der Waals surface area contributed by atoms with Gasteiger partial charge in [0, 0.05) is 64.0 Å². The summed E-state index contributed by atoms with van der Waals surface area (Å²) in [5, 5.41) is 3.08. The Balaban J connectivity index is 1.24. The van der Waals surface area contributed by atoms with Gasteiger partial charge in [-0.15, -0.1) is 0 Å². The Hall–Kier alpha value is -3.91. The molecule has 3 aromatic rings. The second-order valence-corrected chi connectivity index (χ2v) is 10.9. The molecule has 8 nitrogen and oxygen atoms in total. The van der Waals surface area contributed by atoms with Gasteiger partial charge in [-0.2, -0.15) is 0 Å². The molecule has 0 spiro atoms. The van der Waals surface area contributed by atoms with E-state index in [1.54, 1.807) is 0 Å². The number of pyridine rings is 1. The lowest BCUT2D eigenvalue weighted by Gasteiger charge is -2.35. The van der Waals surface area contributed by atoms with Gasteiger partial charge in [0.2, 0.25) is 11.8 Å². The molecule has 41 heavy (non-hydrogen) atoms. The van der Waals surface area contributed by atoms with Crippen LogP contribution in [0.25, 0.3) is 0 Å². The van der Waals surface area contributed by atoms with E-state index in [1.807, 2.05) is 53.6 Å². The Bertz CT molecular complexity index is 1260. The Kier molecular flexibility index (Phi) is 10.2. The highest BCUT2D eigenvalue weighted by molar-refractivity contribution is 5.78. The topological polar surface area (TPSA) is 78.0 Å². The van der Waals surface area contributed by atoms with Crippen molar-refractivity contribution in [3.05, 3.63) is 89.6 Å². The lowest BCUT2D eigenvalue weighted by molar-refractivity contribution is -0.131. The van der Waals surface area contributed by atoms with Crippen LogP contribution in [0, 0.1) is 0 Å². The first kappa shape index (κ1) is 28.6. The van der Waals surface area contributed by atoms with Crippen molar-refractivity contribution in [2.24, 2.45) is 0 Å². The first-order valence-corrected chi connectivity index (χ1v) is 14.9. The van der Waals surface area contributed by atoms with E-state index in [0.717, 1.165) is 60.6 Å². The molecule has 216 valence electrons. The van der Waals surface area contributed by atoms with E-state index in [1.165, 1.54) is 0 Å². The van der Waals surface area contributed by atoms with Gasteiger partial charge in [-0.1, -0.05) is 48.5 Å². The summed E-state index contributed by atoms with van der Waals surface area (Å²) in [5.74, 6) is 2.07. The van der Waals surface area contributed by atoms with E-state index in [0.29, 0.717) is 58.7 Å². The van der Waals surface area contributed by atoms with Crippen molar-refractivity contribution in [2.45, 2.75) is 45.2 Å². The highest BCUT2D eigenvalue weighted by Gasteiger charge is 2.22. The van der Waals surface area contributed by atoms with E-state index >= 15 is 0 Å². The fourth-order valence-corrected chi connectivity index (χ4v) is 5.51. The van der Waals surface area contributed by atoms with Crippen molar-refractivity contribution < 1.29 is 14.3 Å².